The van der Waals surface area contributed by atoms with E-state index >= 15 is 0 Å². The van der Waals surface area contributed by atoms with Crippen LogP contribution in [0.5, 0.6) is 11.5 Å². The van der Waals surface area contributed by atoms with Crippen molar-refractivity contribution in [2.75, 3.05) is 13.2 Å². The third kappa shape index (κ3) is 4.47. The molecule has 1 N–H and O–H groups in total. The van der Waals surface area contributed by atoms with Gasteiger partial charge in [-0.3, -0.25) is 4.79 Å². The van der Waals surface area contributed by atoms with Crippen LogP contribution in [-0.2, 0) is 16.6 Å². The fraction of sp³-hybridized carbons (Fsp3) is 0.375. The second-order valence-electron chi connectivity index (χ2n) is 8.50. The van der Waals surface area contributed by atoms with E-state index in [1.165, 1.54) is 16.4 Å². The molecule has 33 heavy (non-hydrogen) atoms. The maximum atomic E-state index is 13.6. The highest BCUT2D eigenvalue weighted by Crippen LogP contribution is 2.34. The largest absolute Gasteiger partial charge is 0.486 e. The number of H-pyrrole nitrogens is 1. The van der Waals surface area contributed by atoms with Crippen molar-refractivity contribution in [1.29, 1.82) is 0 Å². The number of aromatic nitrogens is 1. The van der Waals surface area contributed by atoms with Crippen molar-refractivity contribution in [2.45, 2.75) is 49.6 Å². The summed E-state index contributed by atoms with van der Waals surface area (Å²) in [5, 5.41) is 1.24. The lowest BCUT2D eigenvalue weighted by molar-refractivity contribution is 0.172. The summed E-state index contributed by atoms with van der Waals surface area (Å²) in [5.41, 5.74) is 0.700. The molecule has 0 amide bonds. The molecule has 0 unspecified atom stereocenters. The fourth-order valence-electron chi connectivity index (χ4n) is 4.59. The van der Waals surface area contributed by atoms with Crippen LogP contribution in [-0.4, -0.2) is 37.0 Å². The van der Waals surface area contributed by atoms with Gasteiger partial charge in [-0.2, -0.15) is 4.31 Å². The van der Waals surface area contributed by atoms with Crippen LogP contribution in [0.3, 0.4) is 0 Å². The van der Waals surface area contributed by atoms with Crippen LogP contribution in [0.15, 0.2) is 52.2 Å². The van der Waals surface area contributed by atoms with Crippen LogP contribution in [0.1, 0.15) is 37.7 Å². The van der Waals surface area contributed by atoms with Gasteiger partial charge in [0, 0.05) is 34.6 Å². The number of nitrogens with zero attached hydrogens (tertiary/aromatic N) is 1. The van der Waals surface area contributed by atoms with E-state index in [0.717, 1.165) is 37.5 Å². The van der Waals surface area contributed by atoms with E-state index in [0.29, 0.717) is 40.8 Å². The van der Waals surface area contributed by atoms with Crippen LogP contribution < -0.4 is 15.0 Å². The van der Waals surface area contributed by atoms with Crippen molar-refractivity contribution in [2.24, 2.45) is 0 Å². The molecule has 1 fully saturated rings. The van der Waals surface area contributed by atoms with E-state index in [2.05, 4.69) is 4.98 Å². The summed E-state index contributed by atoms with van der Waals surface area (Å²) in [6.07, 6.45) is 4.58. The molecular formula is C24H25ClN2O5S. The second kappa shape index (κ2) is 9.00. The van der Waals surface area contributed by atoms with Crippen LogP contribution in [0.4, 0.5) is 0 Å². The first-order valence-corrected chi connectivity index (χ1v) is 13.0. The molecule has 1 aromatic heterocycles. The Morgan fingerprint density at radius 3 is 2.33 bits per heavy atom. The predicted molar refractivity (Wildman–Crippen MR) is 127 cm³/mol. The molecule has 1 saturated carbocycles. The minimum absolute atomic E-state index is 0.00462. The number of hydrogen-bond acceptors (Lipinski definition) is 5. The third-order valence-electron chi connectivity index (χ3n) is 6.31. The minimum Gasteiger partial charge on any atom is -0.486 e. The molecule has 2 aliphatic rings. The number of benzene rings is 2. The van der Waals surface area contributed by atoms with Gasteiger partial charge < -0.3 is 14.5 Å². The zero-order chi connectivity index (χ0) is 23.0. The summed E-state index contributed by atoms with van der Waals surface area (Å²) < 4.78 is 40.1. The van der Waals surface area contributed by atoms with Crippen molar-refractivity contribution in [3.05, 3.63) is 63.4 Å². The Morgan fingerprint density at radius 1 is 0.970 bits per heavy atom. The highest BCUT2D eigenvalue weighted by atomic mass is 35.5. The Labute approximate surface area is 197 Å². The molecule has 1 aliphatic carbocycles. The maximum Gasteiger partial charge on any atom is 0.252 e. The summed E-state index contributed by atoms with van der Waals surface area (Å²) >= 11 is 5.97. The van der Waals surface area contributed by atoms with Crippen molar-refractivity contribution < 1.29 is 17.9 Å². The first kappa shape index (κ1) is 22.3. The van der Waals surface area contributed by atoms with E-state index in [1.807, 2.05) is 6.07 Å². The molecular weight excluding hydrogens is 464 g/mol. The Kier molecular flexibility index (Phi) is 6.07. The van der Waals surface area contributed by atoms with Gasteiger partial charge in [0.05, 0.1) is 10.4 Å². The van der Waals surface area contributed by atoms with Gasteiger partial charge in [-0.1, -0.05) is 30.9 Å². The molecule has 0 radical (unpaired) electrons. The number of halogens is 1. The van der Waals surface area contributed by atoms with Gasteiger partial charge in [-0.05, 0) is 49.2 Å². The van der Waals surface area contributed by atoms with E-state index in [-0.39, 0.29) is 23.0 Å². The Bertz CT molecular complexity index is 1330. The lowest BCUT2D eigenvalue weighted by Crippen LogP contribution is -2.42. The van der Waals surface area contributed by atoms with Crippen LogP contribution in [0.25, 0.3) is 10.9 Å². The summed E-state index contributed by atoms with van der Waals surface area (Å²) in [4.78, 5) is 16.0. The molecule has 2 aromatic carbocycles. The second-order valence-corrected chi connectivity index (χ2v) is 10.8. The molecule has 1 aliphatic heterocycles. The van der Waals surface area contributed by atoms with Crippen LogP contribution >= 0.6 is 11.6 Å². The Hall–Kier alpha value is -2.55. The van der Waals surface area contributed by atoms with Gasteiger partial charge in [0.2, 0.25) is 10.0 Å². The average molecular weight is 489 g/mol. The van der Waals surface area contributed by atoms with E-state index in [9.17, 15) is 13.2 Å². The summed E-state index contributed by atoms with van der Waals surface area (Å²) in [6.45, 7) is 0.915. The minimum atomic E-state index is -3.82. The molecule has 9 heteroatoms. The fourth-order valence-corrected chi connectivity index (χ4v) is 6.38. The van der Waals surface area contributed by atoms with Gasteiger partial charge >= 0.3 is 0 Å². The average Bonchev–Trinajstić information content (AvgIpc) is 2.82. The number of pyridine rings is 1. The molecule has 0 bridgehead atoms. The SMILES string of the molecule is O=c1[nH]c2cc3c(cc2cc1CN(C1CCCCC1)S(=O)(=O)c1ccc(Cl)cc1)OCCO3. The smallest absolute Gasteiger partial charge is 0.252 e. The van der Waals surface area contributed by atoms with Gasteiger partial charge in [0.15, 0.2) is 11.5 Å². The third-order valence-corrected chi connectivity index (χ3v) is 8.48. The highest BCUT2D eigenvalue weighted by molar-refractivity contribution is 7.89. The lowest BCUT2D eigenvalue weighted by atomic mass is 9.95. The molecule has 2 heterocycles. The number of nitrogens with one attached hydrogen (secondary N) is 1. The Balaban J connectivity index is 1.55. The first-order valence-electron chi connectivity index (χ1n) is 11.1. The molecule has 0 spiro atoms. The highest BCUT2D eigenvalue weighted by Gasteiger charge is 2.33. The zero-order valence-corrected chi connectivity index (χ0v) is 19.6. The standard InChI is InChI=1S/C24H25ClN2O5S/c25-18-6-8-20(9-7-18)33(29,30)27(19-4-2-1-3-5-19)15-17-12-16-13-22-23(32-11-10-31-22)14-21(16)26-24(17)28/h6-9,12-14,19H,1-5,10-11,15H2,(H,26,28). The van der Waals surface area contributed by atoms with Gasteiger partial charge in [-0.25, -0.2) is 8.42 Å². The molecule has 5 rings (SSSR count). The van der Waals surface area contributed by atoms with E-state index in [1.54, 1.807) is 24.3 Å². The summed E-state index contributed by atoms with van der Waals surface area (Å²) in [6, 6.07) is 11.3. The molecule has 3 aromatic rings. The van der Waals surface area contributed by atoms with Crippen molar-refractivity contribution in [1.82, 2.24) is 9.29 Å². The first-order chi connectivity index (χ1) is 15.9. The quantitative estimate of drug-likeness (QED) is 0.572. The van der Waals surface area contributed by atoms with Gasteiger partial charge in [-0.15, -0.1) is 0 Å². The molecule has 7 nitrogen and oxygen atoms in total. The number of rotatable bonds is 5. The summed E-state index contributed by atoms with van der Waals surface area (Å²) in [7, 11) is -3.82. The molecule has 174 valence electrons. The molecule has 0 atom stereocenters. The Morgan fingerprint density at radius 2 is 1.64 bits per heavy atom. The lowest BCUT2D eigenvalue weighted by Gasteiger charge is -2.33. The number of fused-ring (bicyclic) bond motifs is 2. The van der Waals surface area contributed by atoms with Crippen molar-refractivity contribution in [3.63, 3.8) is 0 Å². The van der Waals surface area contributed by atoms with E-state index < -0.39 is 10.0 Å². The summed E-state index contributed by atoms with van der Waals surface area (Å²) in [5.74, 6) is 1.20. The monoisotopic (exact) mass is 488 g/mol. The van der Waals surface area contributed by atoms with E-state index in [4.69, 9.17) is 21.1 Å². The molecule has 0 saturated heterocycles. The normalized spacial score (nSPS) is 16.9. The van der Waals surface area contributed by atoms with Crippen molar-refractivity contribution >= 4 is 32.5 Å². The van der Waals surface area contributed by atoms with Gasteiger partial charge in [0.25, 0.3) is 5.56 Å². The zero-order valence-electron chi connectivity index (χ0n) is 18.1. The predicted octanol–water partition coefficient (Wildman–Crippen LogP) is 4.48. The number of hydrogen-bond donors (Lipinski definition) is 1. The number of aromatic amines is 1. The number of sulfonamides is 1. The maximum absolute atomic E-state index is 13.6. The number of ether oxygens (including phenoxy) is 2. The van der Waals surface area contributed by atoms with Crippen LogP contribution in [0, 0.1) is 0 Å². The van der Waals surface area contributed by atoms with Crippen molar-refractivity contribution in [3.8, 4) is 11.5 Å². The van der Waals surface area contributed by atoms with Gasteiger partial charge in [0.1, 0.15) is 13.2 Å². The topological polar surface area (TPSA) is 88.7 Å². The van der Waals surface area contributed by atoms with Crippen LogP contribution in [0.2, 0.25) is 5.02 Å².